The van der Waals surface area contributed by atoms with Gasteiger partial charge in [0, 0.05) is 31.9 Å². The number of urea groups is 1. The summed E-state index contributed by atoms with van der Waals surface area (Å²) in [6.07, 6.45) is 0.451. The van der Waals surface area contributed by atoms with Crippen LogP contribution in [0.5, 0.6) is 0 Å². The number of rotatable bonds is 34. The summed E-state index contributed by atoms with van der Waals surface area (Å²) < 4.78 is 18.1. The van der Waals surface area contributed by atoms with Gasteiger partial charge in [0.15, 0.2) is 18.5 Å². The number of H-pyrrole nitrogens is 1. The molecule has 426 valence electrons. The fourth-order valence-electron chi connectivity index (χ4n) is 9.31. The molecule has 2 fully saturated rings. The highest BCUT2D eigenvalue weighted by Crippen LogP contribution is 2.34. The average molecular weight is 1070 g/mol. The predicted octanol–water partition coefficient (Wildman–Crippen LogP) is -2.08. The van der Waals surface area contributed by atoms with Crippen LogP contribution >= 0.6 is 0 Å². The number of aliphatic imine (C=N–C) groups is 1. The number of carboxylic acids is 2. The minimum Gasteiger partial charge on any atom is -0.480 e. The Morgan fingerprint density at radius 1 is 0.800 bits per heavy atom. The van der Waals surface area contributed by atoms with E-state index in [4.69, 9.17) is 25.7 Å². The number of aliphatic carboxylic acids is 2. The smallest absolute Gasteiger partial charge is 0.330 e. The summed E-state index contributed by atoms with van der Waals surface area (Å²) in [5, 5.41) is 79.9. The Morgan fingerprint density at radius 3 is 1.99 bits per heavy atom. The predicted molar refractivity (Wildman–Crippen MR) is 271 cm³/mol. The number of carbonyl (C=O) groups excluding carboxylic acids is 3. The molecule has 4 rings (SSSR count). The van der Waals surface area contributed by atoms with Crippen molar-refractivity contribution in [2.24, 2.45) is 22.4 Å². The number of hydrogen-bond acceptors (Lipinski definition) is 19. The standard InChI is InChI=1S/C48H83N11O16/c1-4-5-6-7-8-9-10-11-12-13-14-15-16-18-28(54-41(66)32(27-19-23-53-46(50)55-27)58-47(71)57-31(26(2)3)43(67)68)40(65)52-22-17-21-51-33(44(69)70)38(75-45-37(64)34(61)29(25-49)73-45)39-35(62)36(63)42(74-39)59-24-20-30(60)56-48(59)72/h20,24,26-29,31-39,42,45,51,61-64H,4-19,21-23,25,49H2,1-3H3,(H,52,65)(H,54,66)(H,67,68)(H,69,70)(H3,50,53,55)(H,56,60,72)(H2,57,58,71)/t27-,28+,29-,31+,32+,33+,34-,35+,36-,37-,38+,39+,42-,45+/m1/s1. The fraction of sp³-hybridized carbons (Fsp3) is 0.792. The first kappa shape index (κ1) is 62.3. The second-order valence-electron chi connectivity index (χ2n) is 19.8. The first-order chi connectivity index (χ1) is 35.8. The summed E-state index contributed by atoms with van der Waals surface area (Å²) in [5.41, 5.74) is 9.84. The Hall–Kier alpha value is -5.26. The molecule has 0 unspecified atom stereocenters. The lowest BCUT2D eigenvalue weighted by molar-refractivity contribution is -0.228. The molecule has 1 aromatic rings. The first-order valence-electron chi connectivity index (χ1n) is 26.4. The highest BCUT2D eigenvalue weighted by Gasteiger charge is 2.54. The van der Waals surface area contributed by atoms with E-state index in [1.807, 2.05) is 4.98 Å². The van der Waals surface area contributed by atoms with Gasteiger partial charge in [0.05, 0.1) is 6.04 Å². The fourth-order valence-corrected chi connectivity index (χ4v) is 9.31. The van der Waals surface area contributed by atoms with Gasteiger partial charge in [-0.25, -0.2) is 19.4 Å². The number of aromatic nitrogens is 2. The number of ether oxygens (including phenoxy) is 3. The van der Waals surface area contributed by atoms with Gasteiger partial charge < -0.3 is 88.2 Å². The van der Waals surface area contributed by atoms with Gasteiger partial charge in [0.25, 0.3) is 5.56 Å². The second kappa shape index (κ2) is 31.7. The van der Waals surface area contributed by atoms with Crippen LogP contribution in [-0.2, 0) is 33.4 Å². The number of amides is 4. The van der Waals surface area contributed by atoms with E-state index in [0.717, 1.165) is 48.9 Å². The zero-order valence-corrected chi connectivity index (χ0v) is 43.3. The number of nitrogens with zero attached hydrogens (tertiary/aromatic N) is 2. The summed E-state index contributed by atoms with van der Waals surface area (Å²) in [6, 6.07) is -6.46. The van der Waals surface area contributed by atoms with Crippen LogP contribution in [0, 0.1) is 5.92 Å². The SMILES string of the molecule is CCCCCCCCCCCCCCC[C@H](NC(=O)[C@@H](NC(=O)N[C@H](C(=O)O)C(C)C)[C@H]1CCNC(N)=N1)C(=O)NCCCN[C@H](C(=O)O)[C@H](O[C@@H]1O[C@H](CN)[C@@H](O)[C@H]1O)[C@H]1O[C@@H](n2ccc(=O)[nH]c2=O)[C@H](O)[C@@H]1O. The molecule has 0 aliphatic carbocycles. The number of nitrogens with one attached hydrogen (secondary N) is 7. The number of hydrogen-bond donors (Lipinski definition) is 15. The minimum absolute atomic E-state index is 0.0228. The third kappa shape index (κ3) is 19.1. The molecule has 27 nitrogen and oxygen atoms in total. The summed E-state index contributed by atoms with van der Waals surface area (Å²) in [6.45, 7) is 5.23. The van der Waals surface area contributed by atoms with Gasteiger partial charge in [-0.3, -0.25) is 28.7 Å². The Labute approximate surface area is 435 Å². The van der Waals surface area contributed by atoms with Crippen molar-refractivity contribution < 1.29 is 68.8 Å². The van der Waals surface area contributed by atoms with Gasteiger partial charge in [-0.15, -0.1) is 0 Å². The number of carbonyl (C=O) groups is 5. The Kier molecular flexibility index (Phi) is 26.3. The molecule has 75 heavy (non-hydrogen) atoms. The zero-order chi connectivity index (χ0) is 55.2. The molecule has 4 heterocycles. The molecule has 27 heteroatoms. The summed E-state index contributed by atoms with van der Waals surface area (Å²) in [5.74, 6) is -4.69. The topological polar surface area (TPSA) is 426 Å². The Bertz CT molecular complexity index is 2110. The molecule has 3 aliphatic rings. The monoisotopic (exact) mass is 1070 g/mol. The number of carboxylic acid groups (broad SMARTS) is 2. The number of aliphatic hydroxyl groups excluding tert-OH is 4. The van der Waals surface area contributed by atoms with Gasteiger partial charge in [-0.05, 0) is 31.7 Å². The van der Waals surface area contributed by atoms with Crippen molar-refractivity contribution in [3.8, 4) is 0 Å². The lowest BCUT2D eigenvalue weighted by Gasteiger charge is -2.33. The number of aromatic amines is 1. The van der Waals surface area contributed by atoms with E-state index in [2.05, 4.69) is 43.8 Å². The molecular formula is C48H83N11O16. The van der Waals surface area contributed by atoms with E-state index < -0.39 is 132 Å². The molecule has 2 saturated heterocycles. The highest BCUT2D eigenvalue weighted by molar-refractivity contribution is 5.93. The number of aliphatic hydroxyl groups is 4. The lowest BCUT2D eigenvalue weighted by atomic mass is 9.98. The maximum absolute atomic E-state index is 14.2. The van der Waals surface area contributed by atoms with Crippen molar-refractivity contribution in [1.82, 2.24) is 41.5 Å². The minimum atomic E-state index is -1.93. The van der Waals surface area contributed by atoms with Crippen LogP contribution in [0.3, 0.4) is 0 Å². The molecule has 0 saturated carbocycles. The van der Waals surface area contributed by atoms with Crippen molar-refractivity contribution in [3.05, 3.63) is 33.1 Å². The van der Waals surface area contributed by atoms with E-state index in [9.17, 15) is 64.2 Å². The molecule has 4 amide bonds. The van der Waals surface area contributed by atoms with E-state index in [1.54, 1.807) is 13.8 Å². The van der Waals surface area contributed by atoms with Crippen LogP contribution < -0.4 is 54.6 Å². The molecular weight excluding hydrogens is 987 g/mol. The third-order valence-electron chi connectivity index (χ3n) is 13.6. The largest absolute Gasteiger partial charge is 0.480 e. The maximum atomic E-state index is 14.2. The second-order valence-corrected chi connectivity index (χ2v) is 19.8. The summed E-state index contributed by atoms with van der Waals surface area (Å²) in [4.78, 5) is 97.0. The van der Waals surface area contributed by atoms with Crippen molar-refractivity contribution in [3.63, 3.8) is 0 Å². The molecule has 17 N–H and O–H groups in total. The molecule has 1 aromatic heterocycles. The van der Waals surface area contributed by atoms with E-state index in [0.29, 0.717) is 13.0 Å². The Balaban J connectivity index is 1.46. The first-order valence-corrected chi connectivity index (χ1v) is 26.4. The average Bonchev–Trinajstić information content (AvgIpc) is 3.81. The van der Waals surface area contributed by atoms with Crippen LogP contribution in [0.1, 0.15) is 130 Å². The molecule has 0 spiro atoms. The van der Waals surface area contributed by atoms with Gasteiger partial charge >= 0.3 is 23.7 Å². The molecule has 3 aliphatic heterocycles. The van der Waals surface area contributed by atoms with Crippen molar-refractivity contribution >= 4 is 35.7 Å². The van der Waals surface area contributed by atoms with Crippen molar-refractivity contribution in [2.45, 2.75) is 209 Å². The number of guanidine groups is 1. The third-order valence-corrected chi connectivity index (χ3v) is 13.6. The maximum Gasteiger partial charge on any atom is 0.330 e. The Morgan fingerprint density at radius 2 is 1.43 bits per heavy atom. The van der Waals surface area contributed by atoms with Crippen molar-refractivity contribution in [2.75, 3.05) is 26.2 Å². The molecule has 14 atom stereocenters. The van der Waals surface area contributed by atoms with Gasteiger partial charge in [-0.1, -0.05) is 104 Å². The van der Waals surface area contributed by atoms with Gasteiger partial charge in [0.2, 0.25) is 11.8 Å². The number of unbranched alkanes of at least 4 members (excludes halogenated alkanes) is 12. The highest BCUT2D eigenvalue weighted by atomic mass is 16.7. The van der Waals surface area contributed by atoms with Crippen LogP contribution in [0.4, 0.5) is 4.79 Å². The van der Waals surface area contributed by atoms with Crippen LogP contribution in [0.2, 0.25) is 0 Å². The number of nitrogens with two attached hydrogens (primary N) is 2. The van der Waals surface area contributed by atoms with Gasteiger partial charge in [-0.2, -0.15) is 0 Å². The van der Waals surface area contributed by atoms with E-state index in [1.165, 1.54) is 44.9 Å². The quantitative estimate of drug-likeness (QED) is 0.0329. The van der Waals surface area contributed by atoms with E-state index >= 15 is 0 Å². The van der Waals surface area contributed by atoms with Crippen molar-refractivity contribution in [1.29, 1.82) is 0 Å². The lowest BCUT2D eigenvalue weighted by Crippen LogP contribution is -2.61. The molecule has 0 radical (unpaired) electrons. The van der Waals surface area contributed by atoms with Crippen LogP contribution in [-0.4, -0.2) is 181 Å². The summed E-state index contributed by atoms with van der Waals surface area (Å²) in [7, 11) is 0. The van der Waals surface area contributed by atoms with Gasteiger partial charge in [0.1, 0.15) is 66.9 Å². The summed E-state index contributed by atoms with van der Waals surface area (Å²) >= 11 is 0. The zero-order valence-electron chi connectivity index (χ0n) is 43.3. The van der Waals surface area contributed by atoms with E-state index in [-0.39, 0.29) is 44.9 Å². The molecule has 0 aromatic carbocycles. The van der Waals surface area contributed by atoms with Crippen LogP contribution in [0.15, 0.2) is 26.8 Å². The molecule has 0 bridgehead atoms. The van der Waals surface area contributed by atoms with Crippen LogP contribution in [0.25, 0.3) is 0 Å². The normalized spacial score (nSPS) is 25.6.